The van der Waals surface area contributed by atoms with Crippen LogP contribution in [0.2, 0.25) is 0 Å². The molecule has 1 aliphatic carbocycles. The topological polar surface area (TPSA) is 80.8 Å². The summed E-state index contributed by atoms with van der Waals surface area (Å²) >= 11 is 1.44. The molecule has 1 N–H and O–H groups in total. The lowest BCUT2D eigenvalue weighted by molar-refractivity contribution is -0.143. The molecule has 0 aromatic carbocycles. The van der Waals surface area contributed by atoms with E-state index in [2.05, 4.69) is 15.0 Å². The Morgan fingerprint density at radius 2 is 2.36 bits per heavy atom. The monoisotopic (exact) mass is 325 g/mol. The second-order valence-electron chi connectivity index (χ2n) is 5.46. The Kier molecular flexibility index (Phi) is 4.58. The third-order valence-electron chi connectivity index (χ3n) is 3.75. The van der Waals surface area contributed by atoms with Crippen molar-refractivity contribution in [1.29, 1.82) is 0 Å². The first-order chi connectivity index (χ1) is 10.7. The predicted octanol–water partition coefficient (Wildman–Crippen LogP) is 1.12. The minimum atomic E-state index is -0.345. The van der Waals surface area contributed by atoms with E-state index in [1.165, 1.54) is 18.4 Å². The Bertz CT molecular complexity index is 558. The van der Waals surface area contributed by atoms with Crippen LogP contribution in [0.25, 0.3) is 0 Å². The molecule has 0 spiro atoms. The molecular weight excluding hydrogens is 306 g/mol. The molecule has 8 heteroatoms. The molecule has 1 aromatic rings. The van der Waals surface area contributed by atoms with Crippen LogP contribution in [0.5, 0.6) is 0 Å². The number of amides is 1. The van der Waals surface area contributed by atoms with Crippen molar-refractivity contribution >= 4 is 28.3 Å². The normalized spacial score (nSPS) is 21.5. The fourth-order valence-corrected chi connectivity index (χ4v) is 3.12. The van der Waals surface area contributed by atoms with Crippen LogP contribution in [0.15, 0.2) is 5.38 Å². The molecule has 120 valence electrons. The first-order valence-corrected chi connectivity index (χ1v) is 8.23. The Labute approximate surface area is 132 Å². The third kappa shape index (κ3) is 3.56. The lowest BCUT2D eigenvalue weighted by atomic mass is 10.1. The molecule has 0 unspecified atom stereocenters. The van der Waals surface area contributed by atoms with Gasteiger partial charge in [0.15, 0.2) is 5.13 Å². The average molecular weight is 325 g/mol. The fourth-order valence-electron chi connectivity index (χ4n) is 2.35. The van der Waals surface area contributed by atoms with Crippen molar-refractivity contribution in [3.63, 3.8) is 0 Å². The average Bonchev–Trinajstić information content (AvgIpc) is 3.22. The Morgan fingerprint density at radius 1 is 1.55 bits per heavy atom. The van der Waals surface area contributed by atoms with E-state index < -0.39 is 0 Å². The summed E-state index contributed by atoms with van der Waals surface area (Å²) in [6.07, 6.45) is 2.46. The van der Waals surface area contributed by atoms with Gasteiger partial charge in [-0.05, 0) is 12.8 Å². The second kappa shape index (κ2) is 6.62. The number of aromatic nitrogens is 1. The zero-order valence-corrected chi connectivity index (χ0v) is 13.2. The highest BCUT2D eigenvalue weighted by molar-refractivity contribution is 7.13. The van der Waals surface area contributed by atoms with E-state index in [1.807, 2.05) is 0 Å². The molecule has 2 fully saturated rings. The Morgan fingerprint density at radius 3 is 3.09 bits per heavy atom. The largest absolute Gasteiger partial charge is 0.469 e. The van der Waals surface area contributed by atoms with Crippen LogP contribution in [-0.4, -0.2) is 60.7 Å². The molecule has 2 aliphatic rings. The molecule has 3 rings (SSSR count). The number of rotatable bonds is 5. The summed E-state index contributed by atoms with van der Waals surface area (Å²) in [7, 11) is 1.34. The molecule has 1 aromatic heterocycles. The highest BCUT2D eigenvalue weighted by Crippen LogP contribution is 2.27. The standard InChI is InChI=1S/C14H19N3O4S/c1-20-12(18)6-10-7-21-5-4-17(10)13(19)11-8-22-14(16-11)15-9-2-3-9/h8-10H,2-7H2,1H3,(H,15,16)/t10-/m1/s1. The molecule has 2 heterocycles. The van der Waals surface area contributed by atoms with Crippen molar-refractivity contribution < 1.29 is 19.1 Å². The van der Waals surface area contributed by atoms with Crippen LogP contribution >= 0.6 is 11.3 Å². The summed E-state index contributed by atoms with van der Waals surface area (Å²) < 4.78 is 10.1. The molecular formula is C14H19N3O4S. The van der Waals surface area contributed by atoms with Gasteiger partial charge in [0.05, 0.1) is 32.8 Å². The molecule has 1 amide bonds. The maximum Gasteiger partial charge on any atom is 0.307 e. The van der Waals surface area contributed by atoms with Crippen molar-refractivity contribution in [2.45, 2.75) is 31.3 Å². The minimum Gasteiger partial charge on any atom is -0.469 e. The summed E-state index contributed by atoms with van der Waals surface area (Å²) in [6, 6.07) is 0.208. The molecule has 0 bridgehead atoms. The van der Waals surface area contributed by atoms with Gasteiger partial charge >= 0.3 is 5.97 Å². The SMILES string of the molecule is COC(=O)C[C@@H]1COCCN1C(=O)c1csc(NC2CC2)n1. The smallest absolute Gasteiger partial charge is 0.307 e. The van der Waals surface area contributed by atoms with Crippen molar-refractivity contribution in [1.82, 2.24) is 9.88 Å². The Hall–Kier alpha value is -1.67. The number of morpholine rings is 1. The van der Waals surface area contributed by atoms with Gasteiger partial charge in [0.25, 0.3) is 5.91 Å². The van der Waals surface area contributed by atoms with E-state index >= 15 is 0 Å². The maximum atomic E-state index is 12.6. The number of esters is 1. The van der Waals surface area contributed by atoms with E-state index in [9.17, 15) is 9.59 Å². The van der Waals surface area contributed by atoms with Crippen molar-refractivity contribution in [2.24, 2.45) is 0 Å². The van der Waals surface area contributed by atoms with E-state index in [-0.39, 0.29) is 24.3 Å². The zero-order chi connectivity index (χ0) is 15.5. The number of methoxy groups -OCH3 is 1. The van der Waals surface area contributed by atoms with Crippen LogP contribution in [0.3, 0.4) is 0 Å². The Balaban J connectivity index is 1.67. The van der Waals surface area contributed by atoms with Crippen LogP contribution < -0.4 is 5.32 Å². The van der Waals surface area contributed by atoms with Crippen molar-refractivity contribution in [2.75, 3.05) is 32.2 Å². The third-order valence-corrected chi connectivity index (χ3v) is 4.52. The predicted molar refractivity (Wildman–Crippen MR) is 81.0 cm³/mol. The molecule has 1 saturated carbocycles. The van der Waals surface area contributed by atoms with E-state index in [0.29, 0.717) is 31.5 Å². The number of carbonyl (C=O) groups is 2. The molecule has 1 aliphatic heterocycles. The number of ether oxygens (including phenoxy) is 2. The molecule has 1 atom stereocenters. The number of nitrogens with one attached hydrogen (secondary N) is 1. The first-order valence-electron chi connectivity index (χ1n) is 7.35. The summed E-state index contributed by atoms with van der Waals surface area (Å²) in [5.41, 5.74) is 0.421. The van der Waals surface area contributed by atoms with Crippen LogP contribution in [-0.2, 0) is 14.3 Å². The van der Waals surface area contributed by atoms with Crippen molar-refractivity contribution in [3.05, 3.63) is 11.1 Å². The number of hydrogen-bond acceptors (Lipinski definition) is 7. The minimum absolute atomic E-state index is 0.138. The summed E-state index contributed by atoms with van der Waals surface area (Å²) in [5, 5.41) is 5.83. The molecule has 0 radical (unpaired) electrons. The van der Waals surface area contributed by atoms with E-state index in [4.69, 9.17) is 4.74 Å². The van der Waals surface area contributed by atoms with Gasteiger partial charge in [0.2, 0.25) is 0 Å². The highest BCUT2D eigenvalue weighted by atomic mass is 32.1. The highest BCUT2D eigenvalue weighted by Gasteiger charge is 2.31. The van der Waals surface area contributed by atoms with Gasteiger partial charge in [-0.2, -0.15) is 0 Å². The van der Waals surface area contributed by atoms with Gasteiger partial charge in [-0.1, -0.05) is 0 Å². The van der Waals surface area contributed by atoms with Gasteiger partial charge in [0.1, 0.15) is 5.69 Å². The summed E-state index contributed by atoms with van der Waals surface area (Å²) in [6.45, 7) is 1.28. The second-order valence-corrected chi connectivity index (χ2v) is 6.32. The van der Waals surface area contributed by atoms with Gasteiger partial charge in [-0.3, -0.25) is 9.59 Å². The number of nitrogens with zero attached hydrogens (tertiary/aromatic N) is 2. The lowest BCUT2D eigenvalue weighted by Crippen LogP contribution is -2.49. The first kappa shape index (κ1) is 15.2. The number of carbonyl (C=O) groups excluding carboxylic acids is 2. The van der Waals surface area contributed by atoms with Gasteiger partial charge in [-0.25, -0.2) is 4.98 Å². The molecule has 1 saturated heterocycles. The summed E-state index contributed by atoms with van der Waals surface area (Å²) in [4.78, 5) is 30.1. The maximum absolute atomic E-state index is 12.6. The number of thiazole rings is 1. The fraction of sp³-hybridized carbons (Fsp3) is 0.643. The van der Waals surface area contributed by atoms with Crippen LogP contribution in [0, 0.1) is 0 Å². The molecule has 22 heavy (non-hydrogen) atoms. The zero-order valence-electron chi connectivity index (χ0n) is 12.4. The number of hydrogen-bond donors (Lipinski definition) is 1. The van der Waals surface area contributed by atoms with Crippen molar-refractivity contribution in [3.8, 4) is 0 Å². The summed E-state index contributed by atoms with van der Waals surface area (Å²) in [5.74, 6) is -0.500. The van der Waals surface area contributed by atoms with E-state index in [1.54, 1.807) is 10.3 Å². The van der Waals surface area contributed by atoms with Crippen LogP contribution in [0.4, 0.5) is 5.13 Å². The quantitative estimate of drug-likeness (QED) is 0.817. The van der Waals surface area contributed by atoms with Crippen LogP contribution in [0.1, 0.15) is 29.8 Å². The lowest BCUT2D eigenvalue weighted by Gasteiger charge is -2.34. The van der Waals surface area contributed by atoms with E-state index in [0.717, 1.165) is 18.0 Å². The van der Waals surface area contributed by atoms with Gasteiger partial charge < -0.3 is 19.7 Å². The molecule has 7 nitrogen and oxygen atoms in total. The van der Waals surface area contributed by atoms with Gasteiger partial charge in [-0.15, -0.1) is 11.3 Å². The van der Waals surface area contributed by atoms with Gasteiger partial charge in [0, 0.05) is 18.0 Å². The number of anilines is 1.